The lowest BCUT2D eigenvalue weighted by molar-refractivity contribution is -0.126. The highest BCUT2D eigenvalue weighted by Crippen LogP contribution is 2.23. The van der Waals surface area contributed by atoms with Gasteiger partial charge in [0.15, 0.2) is 0 Å². The molecule has 0 heterocycles. The van der Waals surface area contributed by atoms with Crippen molar-refractivity contribution in [3.05, 3.63) is 12.7 Å². The number of nitrogens with two attached hydrogens (primary N) is 1. The minimum atomic E-state index is 0.0562. The molecule has 0 bridgehead atoms. The van der Waals surface area contributed by atoms with Crippen LogP contribution in [0.4, 0.5) is 0 Å². The van der Waals surface area contributed by atoms with Crippen LogP contribution in [0.15, 0.2) is 12.7 Å². The van der Waals surface area contributed by atoms with E-state index in [4.69, 9.17) is 5.73 Å². The summed E-state index contributed by atoms with van der Waals surface area (Å²) in [6.07, 6.45) is 5.67. The largest absolute Gasteiger partial charge is 0.350 e. The van der Waals surface area contributed by atoms with Gasteiger partial charge >= 0.3 is 0 Å². The molecule has 1 saturated carbocycles. The second kappa shape index (κ2) is 5.15. The highest BCUT2D eigenvalue weighted by atomic mass is 16.1. The third-order valence-electron chi connectivity index (χ3n) is 2.81. The first-order valence-corrected chi connectivity index (χ1v) is 5.32. The maximum atomic E-state index is 11.7. The third-order valence-corrected chi connectivity index (χ3v) is 2.81. The van der Waals surface area contributed by atoms with Crippen molar-refractivity contribution in [1.82, 2.24) is 5.32 Å². The van der Waals surface area contributed by atoms with Crippen molar-refractivity contribution >= 4 is 5.91 Å². The van der Waals surface area contributed by atoms with Gasteiger partial charge in [-0.25, -0.2) is 0 Å². The zero-order chi connectivity index (χ0) is 10.6. The molecule has 1 aliphatic rings. The molecule has 3 N–H and O–H groups in total. The summed E-state index contributed by atoms with van der Waals surface area (Å²) in [7, 11) is 0. The van der Waals surface area contributed by atoms with E-state index in [1.165, 1.54) is 0 Å². The van der Waals surface area contributed by atoms with Crippen molar-refractivity contribution in [3.8, 4) is 0 Å². The summed E-state index contributed by atoms with van der Waals surface area (Å²) in [6, 6.07) is 0.263. The van der Waals surface area contributed by atoms with Crippen LogP contribution in [0.25, 0.3) is 0 Å². The van der Waals surface area contributed by atoms with Gasteiger partial charge in [0.05, 0.1) is 0 Å². The van der Waals surface area contributed by atoms with Crippen LogP contribution >= 0.6 is 0 Å². The van der Waals surface area contributed by atoms with E-state index < -0.39 is 0 Å². The van der Waals surface area contributed by atoms with Crippen LogP contribution in [0.1, 0.15) is 32.6 Å². The van der Waals surface area contributed by atoms with Gasteiger partial charge in [0.1, 0.15) is 0 Å². The fourth-order valence-corrected chi connectivity index (χ4v) is 1.87. The zero-order valence-corrected chi connectivity index (χ0v) is 8.83. The highest BCUT2D eigenvalue weighted by Gasteiger charge is 2.25. The highest BCUT2D eigenvalue weighted by molar-refractivity contribution is 5.79. The summed E-state index contributed by atoms with van der Waals surface area (Å²) in [4.78, 5) is 11.7. The Morgan fingerprint density at radius 2 is 2.36 bits per heavy atom. The molecule has 0 aromatic rings. The van der Waals surface area contributed by atoms with Crippen LogP contribution in [0.3, 0.4) is 0 Å². The molecule has 1 rings (SSSR count). The fourth-order valence-electron chi connectivity index (χ4n) is 1.87. The van der Waals surface area contributed by atoms with Gasteiger partial charge in [0.2, 0.25) is 5.91 Å². The van der Waals surface area contributed by atoms with E-state index >= 15 is 0 Å². The van der Waals surface area contributed by atoms with Gasteiger partial charge < -0.3 is 11.1 Å². The molecule has 1 amide bonds. The predicted octanol–water partition coefficient (Wildman–Crippen LogP) is 1.19. The molecule has 3 heteroatoms. The van der Waals surface area contributed by atoms with Gasteiger partial charge in [-0.1, -0.05) is 12.5 Å². The Morgan fingerprint density at radius 3 is 2.93 bits per heavy atom. The van der Waals surface area contributed by atoms with E-state index in [0.29, 0.717) is 0 Å². The molecule has 0 aliphatic heterocycles. The molecule has 3 unspecified atom stereocenters. The van der Waals surface area contributed by atoms with Crippen molar-refractivity contribution < 1.29 is 4.79 Å². The van der Waals surface area contributed by atoms with Gasteiger partial charge in [0.25, 0.3) is 0 Å². The summed E-state index contributed by atoms with van der Waals surface area (Å²) in [6.45, 7) is 5.56. The summed E-state index contributed by atoms with van der Waals surface area (Å²) in [5.41, 5.74) is 5.83. The molecule has 14 heavy (non-hydrogen) atoms. The molecule has 0 radical (unpaired) electrons. The normalized spacial score (nSPS) is 29.3. The molecule has 0 aromatic heterocycles. The van der Waals surface area contributed by atoms with Crippen LogP contribution in [0.2, 0.25) is 0 Å². The number of hydrogen-bond donors (Lipinski definition) is 2. The lowest BCUT2D eigenvalue weighted by Crippen LogP contribution is -2.40. The van der Waals surface area contributed by atoms with Gasteiger partial charge in [-0.2, -0.15) is 0 Å². The maximum Gasteiger partial charge on any atom is 0.223 e. The zero-order valence-electron chi connectivity index (χ0n) is 8.83. The minimum Gasteiger partial charge on any atom is -0.350 e. The van der Waals surface area contributed by atoms with Crippen LogP contribution in [-0.2, 0) is 4.79 Å². The van der Waals surface area contributed by atoms with E-state index in [9.17, 15) is 4.79 Å². The second-order valence-corrected chi connectivity index (χ2v) is 4.16. The number of carbonyl (C=O) groups excluding carboxylic acids is 1. The Morgan fingerprint density at radius 1 is 1.64 bits per heavy atom. The van der Waals surface area contributed by atoms with Crippen molar-refractivity contribution in [2.75, 3.05) is 0 Å². The maximum absolute atomic E-state index is 11.7. The van der Waals surface area contributed by atoms with Crippen molar-refractivity contribution in [1.29, 1.82) is 0 Å². The standard InChI is InChI=1S/C11H20N2O/c1-3-8(2)13-11(14)9-5-4-6-10(12)7-9/h3,8-10H,1,4-7,12H2,2H3,(H,13,14). The van der Waals surface area contributed by atoms with E-state index in [1.54, 1.807) is 6.08 Å². The van der Waals surface area contributed by atoms with Crippen LogP contribution in [0, 0.1) is 5.92 Å². The first-order valence-electron chi connectivity index (χ1n) is 5.32. The smallest absolute Gasteiger partial charge is 0.223 e. The number of amides is 1. The number of rotatable bonds is 3. The molecule has 0 saturated heterocycles. The van der Waals surface area contributed by atoms with Gasteiger partial charge in [0, 0.05) is 18.0 Å². The van der Waals surface area contributed by atoms with E-state index in [0.717, 1.165) is 25.7 Å². The van der Waals surface area contributed by atoms with E-state index in [2.05, 4.69) is 11.9 Å². The lowest BCUT2D eigenvalue weighted by atomic mass is 9.85. The Kier molecular flexibility index (Phi) is 4.14. The Hall–Kier alpha value is -0.830. The Labute approximate surface area is 85.7 Å². The first-order chi connectivity index (χ1) is 6.63. The summed E-state index contributed by atoms with van der Waals surface area (Å²) >= 11 is 0. The molecule has 0 aromatic carbocycles. The average Bonchev–Trinajstić information content (AvgIpc) is 2.17. The number of nitrogens with one attached hydrogen (secondary N) is 1. The minimum absolute atomic E-state index is 0.0562. The quantitative estimate of drug-likeness (QED) is 0.666. The SMILES string of the molecule is C=CC(C)NC(=O)C1CCCC(N)C1. The van der Waals surface area contributed by atoms with Gasteiger partial charge in [-0.05, 0) is 26.2 Å². The van der Waals surface area contributed by atoms with E-state index in [1.807, 2.05) is 6.92 Å². The summed E-state index contributed by atoms with van der Waals surface area (Å²) in [5.74, 6) is 0.244. The fraction of sp³-hybridized carbons (Fsp3) is 0.727. The van der Waals surface area contributed by atoms with Gasteiger partial charge in [-0.15, -0.1) is 6.58 Å². The topological polar surface area (TPSA) is 55.1 Å². The monoisotopic (exact) mass is 196 g/mol. The second-order valence-electron chi connectivity index (χ2n) is 4.16. The summed E-state index contributed by atoms with van der Waals surface area (Å²) in [5, 5.41) is 2.91. The Balaban J connectivity index is 2.39. The molecule has 1 aliphatic carbocycles. The van der Waals surface area contributed by atoms with Gasteiger partial charge in [-0.3, -0.25) is 4.79 Å². The molecular weight excluding hydrogens is 176 g/mol. The predicted molar refractivity (Wildman–Crippen MR) is 57.7 cm³/mol. The van der Waals surface area contributed by atoms with Crippen LogP contribution in [0.5, 0.6) is 0 Å². The Bertz CT molecular complexity index is 215. The molecule has 1 fully saturated rings. The summed E-state index contributed by atoms with van der Waals surface area (Å²) < 4.78 is 0. The third kappa shape index (κ3) is 3.14. The number of carbonyl (C=O) groups is 1. The molecule has 80 valence electrons. The molecule has 3 nitrogen and oxygen atoms in total. The lowest BCUT2D eigenvalue weighted by Gasteiger charge is -2.26. The average molecular weight is 196 g/mol. The number of hydrogen-bond acceptors (Lipinski definition) is 2. The molecular formula is C11H20N2O. The van der Waals surface area contributed by atoms with Crippen LogP contribution < -0.4 is 11.1 Å². The van der Waals surface area contributed by atoms with Crippen molar-refractivity contribution in [2.24, 2.45) is 11.7 Å². The van der Waals surface area contributed by atoms with Crippen molar-refractivity contribution in [3.63, 3.8) is 0 Å². The van der Waals surface area contributed by atoms with E-state index in [-0.39, 0.29) is 23.9 Å². The molecule has 0 spiro atoms. The molecule has 3 atom stereocenters. The van der Waals surface area contributed by atoms with Crippen molar-refractivity contribution in [2.45, 2.75) is 44.7 Å². The van der Waals surface area contributed by atoms with Crippen LogP contribution in [-0.4, -0.2) is 18.0 Å². The first kappa shape index (κ1) is 11.2.